The van der Waals surface area contributed by atoms with Crippen LogP contribution in [0.15, 0.2) is 60.1 Å². The van der Waals surface area contributed by atoms with Gasteiger partial charge >= 0.3 is 18.2 Å². The lowest BCUT2D eigenvalue weighted by molar-refractivity contribution is -0.143. The van der Waals surface area contributed by atoms with Gasteiger partial charge in [0.25, 0.3) is 15.9 Å². The first kappa shape index (κ1) is 47.9. The minimum atomic E-state index is -4.44. The van der Waals surface area contributed by atoms with Crippen LogP contribution < -0.4 is 25.4 Å². The number of esters is 1. The van der Waals surface area contributed by atoms with Gasteiger partial charge in [-0.3, -0.25) is 14.5 Å². The Labute approximate surface area is 368 Å². The highest BCUT2D eigenvalue weighted by molar-refractivity contribution is 7.90. The molecule has 19 heteroatoms. The molecule has 1 aromatic carbocycles. The zero-order valence-corrected chi connectivity index (χ0v) is 37.4. The smallest absolute Gasteiger partial charge is 0.411 e. The molecule has 3 aliphatic rings. The molecule has 0 radical (unpaired) electrons. The number of sulfonamides is 1. The molecule has 2 aliphatic carbocycles. The van der Waals surface area contributed by atoms with E-state index >= 15 is 0 Å². The van der Waals surface area contributed by atoms with Gasteiger partial charge in [0.05, 0.1) is 24.4 Å². The van der Waals surface area contributed by atoms with E-state index in [4.69, 9.17) is 30.5 Å². The monoisotopic (exact) mass is 902 g/mol. The second-order valence-corrected chi connectivity index (χ2v) is 19.0. The minimum absolute atomic E-state index is 0.0195. The predicted molar refractivity (Wildman–Crippen MR) is 230 cm³/mol. The van der Waals surface area contributed by atoms with Crippen molar-refractivity contribution in [2.75, 3.05) is 25.5 Å². The summed E-state index contributed by atoms with van der Waals surface area (Å²) < 4.78 is 51.6. The van der Waals surface area contributed by atoms with E-state index in [0.717, 1.165) is 44.9 Å². The standard InChI is InChI=1S/C43H59ClN6O11S/c1-6-28-25-43(28,48-37(51)34-24-31(59-36-22-21-29(44)26-46-36)27-50(34)41(55)61-42(2,3)4)39(53)49-62(56,57)35-20-14-13-18-32(35)45-23-15-9-7-8-10-19-33(38(52)58-5)47-40(54)60-30-16-11-12-17-30/h6,13-14,18,20-22,26,28,30-31,33-34,45H,1,7-12,15-17,19,23-25,27H2,2-5H3,(H,47,54)(H,48,51)(H,49,53)/t28-,31-,33+,34+,43-/m1/s1. The van der Waals surface area contributed by atoms with E-state index in [0.29, 0.717) is 36.5 Å². The number of methoxy groups -OCH3 is 1. The third kappa shape index (κ3) is 13.2. The maximum Gasteiger partial charge on any atom is 0.411 e. The average molecular weight is 903 g/mol. The van der Waals surface area contributed by atoms with Crippen molar-refractivity contribution in [1.82, 2.24) is 25.2 Å². The number of hydrogen-bond acceptors (Lipinski definition) is 13. The molecule has 2 saturated carbocycles. The summed E-state index contributed by atoms with van der Waals surface area (Å²) in [6.45, 7) is 9.29. The molecule has 5 atom stereocenters. The van der Waals surface area contributed by atoms with E-state index in [9.17, 15) is 32.4 Å². The third-order valence-electron chi connectivity index (χ3n) is 11.0. The van der Waals surface area contributed by atoms with E-state index in [1.165, 1.54) is 30.3 Å². The molecule has 5 rings (SSSR count). The van der Waals surface area contributed by atoms with Gasteiger partial charge in [-0.2, -0.15) is 0 Å². The number of unbranched alkanes of at least 4 members (excludes halogenated alkanes) is 4. The highest BCUT2D eigenvalue weighted by Crippen LogP contribution is 2.45. The molecule has 1 aliphatic heterocycles. The molecule has 3 fully saturated rings. The number of rotatable bonds is 20. The summed E-state index contributed by atoms with van der Waals surface area (Å²) in [5.74, 6) is -2.51. The first-order valence-corrected chi connectivity index (χ1v) is 23.0. The maximum absolute atomic E-state index is 14.0. The fraction of sp³-hybridized carbons (Fsp3) is 0.581. The molecule has 0 spiro atoms. The highest BCUT2D eigenvalue weighted by atomic mass is 35.5. The Morgan fingerprint density at radius 2 is 1.73 bits per heavy atom. The predicted octanol–water partition coefficient (Wildman–Crippen LogP) is 6.02. The quantitative estimate of drug-likeness (QED) is 0.0518. The Morgan fingerprint density at radius 1 is 1.02 bits per heavy atom. The molecule has 2 aromatic rings. The molecule has 4 amide bonds. The van der Waals surface area contributed by atoms with Crippen LogP contribution in [-0.2, 0) is 38.6 Å². The molecule has 62 heavy (non-hydrogen) atoms. The van der Waals surface area contributed by atoms with Gasteiger partial charge in [-0.05, 0) is 83.9 Å². The fourth-order valence-corrected chi connectivity index (χ4v) is 9.00. The number of para-hydroxylation sites is 1. The summed E-state index contributed by atoms with van der Waals surface area (Å²) >= 11 is 5.96. The number of pyridine rings is 1. The molecule has 4 N–H and O–H groups in total. The number of carbonyl (C=O) groups is 5. The summed E-state index contributed by atoms with van der Waals surface area (Å²) in [7, 11) is -3.17. The highest BCUT2D eigenvalue weighted by Gasteiger charge is 2.61. The van der Waals surface area contributed by atoms with E-state index in [1.807, 2.05) is 0 Å². The molecule has 2 heterocycles. The van der Waals surface area contributed by atoms with Gasteiger partial charge in [0.15, 0.2) is 0 Å². The summed E-state index contributed by atoms with van der Waals surface area (Å²) in [6.07, 6.45) is 8.76. The van der Waals surface area contributed by atoms with E-state index < -0.39 is 75.2 Å². The number of anilines is 1. The van der Waals surface area contributed by atoms with Crippen molar-refractivity contribution in [3.8, 4) is 5.88 Å². The number of nitrogens with zero attached hydrogens (tertiary/aromatic N) is 2. The van der Waals surface area contributed by atoms with Crippen LogP contribution in [0.5, 0.6) is 5.88 Å². The normalized spacial score (nSPS) is 21.6. The topological polar surface area (TPSA) is 221 Å². The number of benzene rings is 1. The van der Waals surface area contributed by atoms with Crippen LogP contribution in [0.25, 0.3) is 0 Å². The lowest BCUT2D eigenvalue weighted by Gasteiger charge is -2.29. The molecular formula is C43H59ClN6O11S. The number of halogens is 1. The van der Waals surface area contributed by atoms with Gasteiger partial charge in [-0.15, -0.1) is 6.58 Å². The van der Waals surface area contributed by atoms with Crippen LogP contribution in [0.2, 0.25) is 5.02 Å². The first-order valence-electron chi connectivity index (χ1n) is 21.1. The molecule has 0 unspecified atom stereocenters. The summed E-state index contributed by atoms with van der Waals surface area (Å²) in [6, 6.07) is 7.43. The summed E-state index contributed by atoms with van der Waals surface area (Å²) in [5.41, 5.74) is -2.22. The van der Waals surface area contributed by atoms with Crippen LogP contribution in [0.1, 0.15) is 97.8 Å². The maximum atomic E-state index is 14.0. The van der Waals surface area contributed by atoms with E-state index in [-0.39, 0.29) is 36.3 Å². The van der Waals surface area contributed by atoms with Crippen molar-refractivity contribution in [1.29, 1.82) is 0 Å². The Bertz CT molecular complexity index is 2030. The summed E-state index contributed by atoms with van der Waals surface area (Å²) in [4.78, 5) is 71.1. The number of carbonyl (C=O) groups excluding carboxylic acids is 5. The molecule has 1 aromatic heterocycles. The number of ether oxygens (including phenoxy) is 4. The number of hydrogen-bond donors (Lipinski definition) is 4. The molecule has 1 saturated heterocycles. The lowest BCUT2D eigenvalue weighted by atomic mass is 10.1. The first-order chi connectivity index (χ1) is 29.4. The van der Waals surface area contributed by atoms with E-state index in [1.54, 1.807) is 51.1 Å². The van der Waals surface area contributed by atoms with Crippen molar-refractivity contribution < 1.29 is 51.3 Å². The molecule has 17 nitrogen and oxygen atoms in total. The Hall–Kier alpha value is -5.10. The van der Waals surface area contributed by atoms with Crippen LogP contribution in [0.4, 0.5) is 15.3 Å². The summed E-state index contributed by atoms with van der Waals surface area (Å²) in [5, 5.41) is 8.96. The van der Waals surface area contributed by atoms with Gasteiger partial charge in [0.1, 0.15) is 40.3 Å². The lowest BCUT2D eigenvalue weighted by Crippen LogP contribution is -2.56. The SMILES string of the molecule is C=C[C@@H]1C[C@]1(NC(=O)[C@@H]1C[C@@H](Oc2ccc(Cl)cn2)CN1C(=O)OC(C)(C)C)C(=O)NS(=O)(=O)c1ccccc1NCCCCCCC[C@H](NC(=O)OC1CCCC1)C(=O)OC. The van der Waals surface area contributed by atoms with Gasteiger partial charge in [0, 0.05) is 31.1 Å². The Morgan fingerprint density at radius 3 is 2.39 bits per heavy atom. The number of likely N-dealkylation sites (tertiary alicyclic amines) is 1. The van der Waals surface area contributed by atoms with Crippen LogP contribution in [0.3, 0.4) is 0 Å². The molecule has 340 valence electrons. The average Bonchev–Trinajstić information content (AvgIpc) is 3.46. The van der Waals surface area contributed by atoms with Gasteiger partial charge in [-0.1, -0.05) is 55.5 Å². The number of aromatic nitrogens is 1. The Balaban J connectivity index is 1.14. The molecule has 0 bridgehead atoms. The second kappa shape index (κ2) is 21.3. The van der Waals surface area contributed by atoms with Gasteiger partial charge < -0.3 is 34.9 Å². The van der Waals surface area contributed by atoms with Crippen molar-refractivity contribution in [2.24, 2.45) is 5.92 Å². The van der Waals surface area contributed by atoms with Gasteiger partial charge in [-0.25, -0.2) is 32.5 Å². The Kier molecular flexibility index (Phi) is 16.5. The zero-order valence-electron chi connectivity index (χ0n) is 35.8. The van der Waals surface area contributed by atoms with Crippen molar-refractivity contribution in [3.05, 3.63) is 60.3 Å². The fourth-order valence-electron chi connectivity index (χ4n) is 7.66. The van der Waals surface area contributed by atoms with Crippen molar-refractivity contribution >= 4 is 57.3 Å². The number of nitrogens with one attached hydrogen (secondary N) is 4. The zero-order chi connectivity index (χ0) is 45.1. The minimum Gasteiger partial charge on any atom is -0.472 e. The van der Waals surface area contributed by atoms with E-state index in [2.05, 4.69) is 32.2 Å². The third-order valence-corrected chi connectivity index (χ3v) is 12.6. The second-order valence-electron chi connectivity index (χ2n) is 16.9. The molecular weight excluding hydrogens is 844 g/mol. The number of amides is 4. The van der Waals surface area contributed by atoms with Gasteiger partial charge in [0.2, 0.25) is 11.8 Å². The van der Waals surface area contributed by atoms with Crippen LogP contribution >= 0.6 is 11.6 Å². The van der Waals surface area contributed by atoms with Crippen LogP contribution in [0, 0.1) is 5.92 Å². The van der Waals surface area contributed by atoms with Crippen molar-refractivity contribution in [3.63, 3.8) is 0 Å². The van der Waals surface area contributed by atoms with Crippen molar-refractivity contribution in [2.45, 2.75) is 138 Å². The van der Waals surface area contributed by atoms with Crippen LogP contribution in [-0.4, -0.2) is 104 Å². The number of alkyl carbamates (subject to hydrolysis) is 1. The largest absolute Gasteiger partial charge is 0.472 e.